The van der Waals surface area contributed by atoms with Gasteiger partial charge in [-0.15, -0.1) is 0 Å². The quantitative estimate of drug-likeness (QED) is 0.726. The second-order valence-electron chi connectivity index (χ2n) is 8.76. The van der Waals surface area contributed by atoms with Crippen LogP contribution in [0.4, 0.5) is 5.95 Å². The average Bonchev–Trinajstić information content (AvgIpc) is 3.50. The van der Waals surface area contributed by atoms with Gasteiger partial charge >= 0.3 is 0 Å². The van der Waals surface area contributed by atoms with Gasteiger partial charge in [0.1, 0.15) is 12.0 Å². The van der Waals surface area contributed by atoms with Gasteiger partial charge in [-0.25, -0.2) is 9.97 Å². The molecule has 0 aromatic carbocycles. The summed E-state index contributed by atoms with van der Waals surface area (Å²) in [4.78, 5) is 26.5. The van der Waals surface area contributed by atoms with Gasteiger partial charge < -0.3 is 24.1 Å². The van der Waals surface area contributed by atoms with Gasteiger partial charge in [0, 0.05) is 63.2 Å². The van der Waals surface area contributed by atoms with Crippen LogP contribution in [-0.2, 0) is 16.0 Å². The van der Waals surface area contributed by atoms with E-state index in [9.17, 15) is 4.79 Å². The fourth-order valence-corrected chi connectivity index (χ4v) is 4.63. The molecule has 5 rings (SSSR count). The zero-order valence-corrected chi connectivity index (χ0v) is 18.4. The van der Waals surface area contributed by atoms with Crippen molar-refractivity contribution in [1.82, 2.24) is 20.2 Å². The summed E-state index contributed by atoms with van der Waals surface area (Å²) in [5.41, 5.74) is 1.67. The standard InChI is InChI=1S/C23H31N5O4/c29-22(18-13-20(32-16-18)15-27-7-11-31-12-8-27)25-19-2-6-28(14-19)23-24-5-1-21(26-23)17-3-9-30-10-4-17/h1,5,13,16-17,19H,2-4,6-12,14-15H2,(H,25,29). The molecule has 172 valence electrons. The number of ether oxygens (including phenoxy) is 2. The third-order valence-corrected chi connectivity index (χ3v) is 6.51. The Morgan fingerprint density at radius 3 is 2.75 bits per heavy atom. The molecule has 5 heterocycles. The summed E-state index contributed by atoms with van der Waals surface area (Å²) >= 11 is 0. The molecule has 3 aliphatic rings. The summed E-state index contributed by atoms with van der Waals surface area (Å²) in [6.07, 6.45) is 6.29. The summed E-state index contributed by atoms with van der Waals surface area (Å²) in [7, 11) is 0. The predicted molar refractivity (Wildman–Crippen MR) is 118 cm³/mol. The van der Waals surface area contributed by atoms with E-state index in [4.69, 9.17) is 18.9 Å². The van der Waals surface area contributed by atoms with Crippen molar-refractivity contribution in [2.24, 2.45) is 0 Å². The Morgan fingerprint density at radius 2 is 1.91 bits per heavy atom. The Hall–Kier alpha value is -2.49. The lowest BCUT2D eigenvalue weighted by atomic mass is 9.96. The average molecular weight is 442 g/mol. The van der Waals surface area contributed by atoms with Crippen LogP contribution in [0.5, 0.6) is 0 Å². The molecule has 0 saturated carbocycles. The van der Waals surface area contributed by atoms with Crippen LogP contribution in [0.25, 0.3) is 0 Å². The molecular weight excluding hydrogens is 410 g/mol. The predicted octanol–water partition coefficient (Wildman–Crippen LogP) is 1.80. The number of anilines is 1. The van der Waals surface area contributed by atoms with Crippen molar-refractivity contribution in [3.05, 3.63) is 41.6 Å². The highest BCUT2D eigenvalue weighted by Gasteiger charge is 2.27. The Labute approximate surface area is 188 Å². The van der Waals surface area contributed by atoms with Gasteiger partial charge in [-0.1, -0.05) is 0 Å². The molecule has 2 aromatic heterocycles. The topological polar surface area (TPSA) is 93.0 Å². The van der Waals surface area contributed by atoms with E-state index >= 15 is 0 Å². The number of aromatic nitrogens is 2. The molecule has 0 aliphatic carbocycles. The van der Waals surface area contributed by atoms with Crippen molar-refractivity contribution >= 4 is 11.9 Å². The first-order valence-corrected chi connectivity index (χ1v) is 11.6. The Balaban J connectivity index is 1.14. The summed E-state index contributed by atoms with van der Waals surface area (Å²) in [5.74, 6) is 1.91. The Kier molecular flexibility index (Phi) is 6.66. The maximum atomic E-state index is 12.7. The van der Waals surface area contributed by atoms with Crippen molar-refractivity contribution < 1.29 is 18.7 Å². The Bertz CT molecular complexity index is 907. The van der Waals surface area contributed by atoms with Gasteiger partial charge in [-0.2, -0.15) is 0 Å². The molecule has 1 N–H and O–H groups in total. The van der Waals surface area contributed by atoms with E-state index in [-0.39, 0.29) is 11.9 Å². The van der Waals surface area contributed by atoms with E-state index in [2.05, 4.69) is 20.1 Å². The molecule has 0 radical (unpaired) electrons. The summed E-state index contributed by atoms with van der Waals surface area (Å²) < 4.78 is 16.5. The number of nitrogens with zero attached hydrogens (tertiary/aromatic N) is 4. The smallest absolute Gasteiger partial charge is 0.254 e. The highest BCUT2D eigenvalue weighted by Crippen LogP contribution is 2.27. The molecule has 1 unspecified atom stereocenters. The van der Waals surface area contributed by atoms with Gasteiger partial charge in [-0.05, 0) is 31.4 Å². The van der Waals surface area contributed by atoms with Crippen LogP contribution in [-0.4, -0.2) is 79.4 Å². The number of furan rings is 1. The SMILES string of the molecule is O=C(NC1CCN(c2nccc(C3CCOCC3)n2)C1)c1coc(CN2CCOCC2)c1. The number of morpholine rings is 1. The normalized spacial score (nSPS) is 22.9. The molecule has 3 fully saturated rings. The largest absolute Gasteiger partial charge is 0.467 e. The van der Waals surface area contributed by atoms with Crippen LogP contribution in [0.15, 0.2) is 29.0 Å². The molecule has 3 aliphatic heterocycles. The third kappa shape index (κ3) is 5.11. The highest BCUT2D eigenvalue weighted by atomic mass is 16.5. The highest BCUT2D eigenvalue weighted by molar-refractivity contribution is 5.94. The Morgan fingerprint density at radius 1 is 1.09 bits per heavy atom. The lowest BCUT2D eigenvalue weighted by molar-refractivity contribution is 0.0313. The fourth-order valence-electron chi connectivity index (χ4n) is 4.63. The van der Waals surface area contributed by atoms with E-state index < -0.39 is 0 Å². The number of carbonyl (C=O) groups is 1. The molecule has 32 heavy (non-hydrogen) atoms. The van der Waals surface area contributed by atoms with Gasteiger partial charge in [-0.3, -0.25) is 9.69 Å². The molecule has 3 saturated heterocycles. The first kappa shape index (κ1) is 21.4. The van der Waals surface area contributed by atoms with Gasteiger partial charge in [0.2, 0.25) is 5.95 Å². The van der Waals surface area contributed by atoms with Crippen LogP contribution in [0, 0.1) is 0 Å². The minimum Gasteiger partial charge on any atom is -0.467 e. The van der Waals surface area contributed by atoms with Crippen molar-refractivity contribution in [1.29, 1.82) is 0 Å². The summed E-state index contributed by atoms with van der Waals surface area (Å²) in [5, 5.41) is 3.14. The monoisotopic (exact) mass is 441 g/mol. The number of hydrogen-bond donors (Lipinski definition) is 1. The zero-order valence-electron chi connectivity index (χ0n) is 18.4. The van der Waals surface area contributed by atoms with E-state index in [1.807, 2.05) is 18.3 Å². The number of amides is 1. The van der Waals surface area contributed by atoms with E-state index in [0.717, 1.165) is 82.7 Å². The van der Waals surface area contributed by atoms with Crippen LogP contribution in [0.3, 0.4) is 0 Å². The molecule has 1 amide bonds. The van der Waals surface area contributed by atoms with Gasteiger partial charge in [0.25, 0.3) is 5.91 Å². The lowest BCUT2D eigenvalue weighted by Gasteiger charge is -2.25. The van der Waals surface area contributed by atoms with E-state index in [0.29, 0.717) is 24.6 Å². The maximum Gasteiger partial charge on any atom is 0.254 e. The van der Waals surface area contributed by atoms with Gasteiger partial charge in [0.15, 0.2) is 0 Å². The van der Waals surface area contributed by atoms with Crippen LogP contribution in [0.1, 0.15) is 47.0 Å². The molecule has 0 spiro atoms. The number of rotatable bonds is 6. The molecule has 1 atom stereocenters. The van der Waals surface area contributed by atoms with Crippen molar-refractivity contribution in [3.8, 4) is 0 Å². The number of nitrogens with one attached hydrogen (secondary N) is 1. The van der Waals surface area contributed by atoms with Crippen LogP contribution >= 0.6 is 0 Å². The summed E-state index contributed by atoms with van der Waals surface area (Å²) in [6.45, 7) is 7.09. The second kappa shape index (κ2) is 9.97. The molecule has 9 heteroatoms. The van der Waals surface area contributed by atoms with Crippen molar-refractivity contribution in [3.63, 3.8) is 0 Å². The second-order valence-corrected chi connectivity index (χ2v) is 8.76. The van der Waals surface area contributed by atoms with Crippen molar-refractivity contribution in [2.75, 3.05) is 57.5 Å². The first-order valence-electron chi connectivity index (χ1n) is 11.6. The summed E-state index contributed by atoms with van der Waals surface area (Å²) in [6, 6.07) is 3.93. The minimum absolute atomic E-state index is 0.0652. The van der Waals surface area contributed by atoms with E-state index in [1.165, 1.54) is 0 Å². The van der Waals surface area contributed by atoms with Crippen molar-refractivity contribution in [2.45, 2.75) is 37.8 Å². The minimum atomic E-state index is -0.0919. The van der Waals surface area contributed by atoms with E-state index in [1.54, 1.807) is 6.26 Å². The lowest BCUT2D eigenvalue weighted by Crippen LogP contribution is -2.37. The molecular formula is C23H31N5O4. The number of carbonyl (C=O) groups excluding carboxylic acids is 1. The molecule has 9 nitrogen and oxygen atoms in total. The third-order valence-electron chi connectivity index (χ3n) is 6.51. The maximum absolute atomic E-state index is 12.7. The molecule has 0 bridgehead atoms. The van der Waals surface area contributed by atoms with Crippen LogP contribution < -0.4 is 10.2 Å². The first-order chi connectivity index (χ1) is 15.7. The zero-order chi connectivity index (χ0) is 21.8. The fraction of sp³-hybridized carbons (Fsp3) is 0.609. The van der Waals surface area contributed by atoms with Gasteiger partial charge in [0.05, 0.1) is 25.3 Å². The molecule has 2 aromatic rings. The number of hydrogen-bond acceptors (Lipinski definition) is 8. The van der Waals surface area contributed by atoms with Crippen LogP contribution in [0.2, 0.25) is 0 Å².